The summed E-state index contributed by atoms with van der Waals surface area (Å²) in [4.78, 5) is 37.2. The van der Waals surface area contributed by atoms with E-state index in [0.29, 0.717) is 11.9 Å². The topological polar surface area (TPSA) is 80.7 Å². The van der Waals surface area contributed by atoms with Crippen LogP contribution in [0.4, 0.5) is 17.5 Å². The van der Waals surface area contributed by atoms with Crippen LogP contribution in [0.1, 0.15) is 59.7 Å². The Morgan fingerprint density at radius 3 is 2.38 bits per heavy atom. The largest absolute Gasteiger partial charge is 0.368 e. The maximum Gasteiger partial charge on any atom is 0.263 e. The van der Waals surface area contributed by atoms with Gasteiger partial charge in [0.1, 0.15) is 5.82 Å². The minimum atomic E-state index is 0.0545. The number of piperidine rings is 1. The van der Waals surface area contributed by atoms with E-state index in [1.54, 1.807) is 4.90 Å². The summed E-state index contributed by atoms with van der Waals surface area (Å²) in [5.41, 5.74) is 3.18. The second-order valence-corrected chi connectivity index (χ2v) is 12.6. The Morgan fingerprint density at radius 2 is 1.72 bits per heavy atom. The fourth-order valence-corrected chi connectivity index (χ4v) is 7.61. The summed E-state index contributed by atoms with van der Waals surface area (Å²) in [6.45, 7) is 6.73. The number of thiophene rings is 1. The van der Waals surface area contributed by atoms with Gasteiger partial charge >= 0.3 is 0 Å². The van der Waals surface area contributed by atoms with Gasteiger partial charge in [-0.2, -0.15) is 0 Å². The molecule has 1 saturated carbocycles. The van der Waals surface area contributed by atoms with E-state index in [4.69, 9.17) is 9.97 Å². The first kappa shape index (κ1) is 26.4. The van der Waals surface area contributed by atoms with Crippen LogP contribution in [0.3, 0.4) is 0 Å². The van der Waals surface area contributed by atoms with Crippen LogP contribution in [0.25, 0.3) is 10.2 Å². The highest BCUT2D eigenvalue weighted by atomic mass is 32.1. The Labute approximate surface area is 235 Å². The third-order valence-electron chi connectivity index (χ3n) is 8.70. The molecule has 0 bridgehead atoms. The standard InChI is InChI=1S/C29H40N8OS/c1-34(2)28(38)27-25(20-6-4-5-7-20)26-23(39-27)19-31-29(33-26)32-24-9-8-22(18-30-24)37-16-14-36(15-17-37)21-10-12-35(3)13-11-21/h8-9,18-21H,4-7,10-17H2,1-3H3,(H,30,31,32,33). The summed E-state index contributed by atoms with van der Waals surface area (Å²) in [7, 11) is 5.85. The summed E-state index contributed by atoms with van der Waals surface area (Å²) in [6.07, 6.45) is 11.0. The number of fused-ring (bicyclic) bond motifs is 1. The van der Waals surface area contributed by atoms with Crippen LogP contribution in [0, 0.1) is 0 Å². The van der Waals surface area contributed by atoms with Crippen molar-refractivity contribution in [3.8, 4) is 0 Å². The smallest absolute Gasteiger partial charge is 0.263 e. The van der Waals surface area contributed by atoms with Gasteiger partial charge in [-0.05, 0) is 63.9 Å². The summed E-state index contributed by atoms with van der Waals surface area (Å²) in [5, 5.41) is 3.30. The van der Waals surface area contributed by atoms with Crippen molar-refractivity contribution < 1.29 is 4.79 Å². The van der Waals surface area contributed by atoms with Gasteiger partial charge in [0.15, 0.2) is 0 Å². The van der Waals surface area contributed by atoms with Crippen LogP contribution in [-0.4, -0.2) is 102 Å². The molecule has 0 aromatic carbocycles. The minimum Gasteiger partial charge on any atom is -0.368 e. The molecule has 9 nitrogen and oxygen atoms in total. The molecule has 3 aliphatic rings. The molecule has 3 fully saturated rings. The summed E-state index contributed by atoms with van der Waals surface area (Å²) >= 11 is 1.52. The number of piperazine rings is 1. The van der Waals surface area contributed by atoms with Gasteiger partial charge < -0.3 is 20.0 Å². The summed E-state index contributed by atoms with van der Waals surface area (Å²) in [6, 6.07) is 4.89. The first-order valence-electron chi connectivity index (χ1n) is 14.4. The second kappa shape index (κ2) is 11.3. The van der Waals surface area contributed by atoms with E-state index in [1.807, 2.05) is 32.6 Å². The van der Waals surface area contributed by atoms with Crippen molar-refractivity contribution in [2.24, 2.45) is 0 Å². The lowest BCUT2D eigenvalue weighted by Crippen LogP contribution is -2.53. The Morgan fingerprint density at radius 1 is 0.974 bits per heavy atom. The quantitative estimate of drug-likeness (QED) is 0.485. The second-order valence-electron chi connectivity index (χ2n) is 11.5. The third kappa shape index (κ3) is 5.60. The predicted octanol–water partition coefficient (Wildman–Crippen LogP) is 4.41. The van der Waals surface area contributed by atoms with Gasteiger partial charge in [0.2, 0.25) is 5.95 Å². The number of hydrogen-bond acceptors (Lipinski definition) is 9. The molecular weight excluding hydrogens is 508 g/mol. The van der Waals surface area contributed by atoms with E-state index in [1.165, 1.54) is 50.1 Å². The third-order valence-corrected chi connectivity index (χ3v) is 9.82. The number of amides is 1. The monoisotopic (exact) mass is 548 g/mol. The van der Waals surface area contributed by atoms with Crippen molar-refractivity contribution in [3.63, 3.8) is 0 Å². The Bertz CT molecular complexity index is 1290. The van der Waals surface area contributed by atoms with E-state index >= 15 is 0 Å². The molecule has 0 atom stereocenters. The van der Waals surface area contributed by atoms with Crippen molar-refractivity contribution in [1.29, 1.82) is 0 Å². The van der Waals surface area contributed by atoms with Crippen molar-refractivity contribution in [2.75, 3.05) is 70.6 Å². The van der Waals surface area contributed by atoms with Crippen LogP contribution in [0.5, 0.6) is 0 Å². The number of hydrogen-bond donors (Lipinski definition) is 1. The maximum atomic E-state index is 13.0. The normalized spacial score (nSPS) is 20.1. The SMILES string of the molecule is CN1CCC(N2CCN(c3ccc(Nc4ncc5sc(C(=O)N(C)C)c(C6CCCC6)c5n4)nc3)CC2)CC1. The van der Waals surface area contributed by atoms with Crippen molar-refractivity contribution in [3.05, 3.63) is 35.0 Å². The van der Waals surface area contributed by atoms with Crippen molar-refractivity contribution in [2.45, 2.75) is 50.5 Å². The van der Waals surface area contributed by atoms with Gasteiger partial charge in [0.25, 0.3) is 5.91 Å². The lowest BCUT2D eigenvalue weighted by Gasteiger charge is -2.42. The number of pyridine rings is 1. The van der Waals surface area contributed by atoms with Crippen LogP contribution in [0.2, 0.25) is 0 Å². The zero-order valence-electron chi connectivity index (χ0n) is 23.4. The Balaban J connectivity index is 1.14. The van der Waals surface area contributed by atoms with Crippen LogP contribution in [0.15, 0.2) is 24.5 Å². The van der Waals surface area contributed by atoms with Gasteiger partial charge in [-0.3, -0.25) is 9.69 Å². The number of carbonyl (C=O) groups is 1. The number of anilines is 3. The number of nitrogens with one attached hydrogen (secondary N) is 1. The molecule has 5 heterocycles. The molecule has 0 unspecified atom stereocenters. The van der Waals surface area contributed by atoms with Crippen molar-refractivity contribution in [1.82, 2.24) is 29.7 Å². The molecule has 6 rings (SSSR count). The molecule has 0 spiro atoms. The van der Waals surface area contributed by atoms with Gasteiger partial charge in [-0.1, -0.05) is 12.8 Å². The van der Waals surface area contributed by atoms with Gasteiger partial charge in [-0.15, -0.1) is 11.3 Å². The van der Waals surface area contributed by atoms with E-state index in [-0.39, 0.29) is 5.91 Å². The minimum absolute atomic E-state index is 0.0545. The maximum absolute atomic E-state index is 13.0. The van der Waals surface area contributed by atoms with Crippen molar-refractivity contribution >= 4 is 44.9 Å². The molecular formula is C29H40N8OS. The average Bonchev–Trinajstić information content (AvgIpc) is 3.61. The summed E-state index contributed by atoms with van der Waals surface area (Å²) in [5.74, 6) is 1.69. The van der Waals surface area contributed by atoms with Crippen LogP contribution >= 0.6 is 11.3 Å². The molecule has 1 amide bonds. The molecule has 2 saturated heterocycles. The number of rotatable bonds is 6. The zero-order valence-corrected chi connectivity index (χ0v) is 24.2. The predicted molar refractivity (Wildman–Crippen MR) is 158 cm³/mol. The molecule has 10 heteroatoms. The lowest BCUT2D eigenvalue weighted by atomic mass is 9.96. The molecule has 3 aromatic heterocycles. The number of aromatic nitrogens is 3. The highest BCUT2D eigenvalue weighted by Gasteiger charge is 2.30. The van der Waals surface area contributed by atoms with E-state index in [0.717, 1.165) is 77.2 Å². The molecule has 208 valence electrons. The molecule has 1 aliphatic carbocycles. The van der Waals surface area contributed by atoms with Crippen LogP contribution < -0.4 is 10.2 Å². The van der Waals surface area contributed by atoms with E-state index < -0.39 is 0 Å². The number of likely N-dealkylation sites (tertiary alicyclic amines) is 1. The van der Waals surface area contributed by atoms with E-state index in [2.05, 4.69) is 38.1 Å². The molecule has 3 aromatic rings. The zero-order chi connectivity index (χ0) is 26.9. The fourth-order valence-electron chi connectivity index (χ4n) is 6.39. The molecule has 2 aliphatic heterocycles. The molecule has 0 radical (unpaired) electrons. The first-order chi connectivity index (χ1) is 19.0. The van der Waals surface area contributed by atoms with Gasteiger partial charge in [-0.25, -0.2) is 15.0 Å². The Kier molecular flexibility index (Phi) is 7.68. The Hall–Kier alpha value is -2.82. The highest BCUT2D eigenvalue weighted by molar-refractivity contribution is 7.21. The van der Waals surface area contributed by atoms with Gasteiger partial charge in [0, 0.05) is 51.9 Å². The lowest BCUT2D eigenvalue weighted by molar-refractivity contribution is 0.0831. The fraction of sp³-hybridized carbons (Fsp3) is 0.586. The first-order valence-corrected chi connectivity index (χ1v) is 15.2. The average molecular weight is 549 g/mol. The molecule has 1 N–H and O–H groups in total. The summed E-state index contributed by atoms with van der Waals surface area (Å²) < 4.78 is 0.968. The van der Waals surface area contributed by atoms with E-state index in [9.17, 15) is 4.79 Å². The van der Waals surface area contributed by atoms with Gasteiger partial charge in [0.05, 0.1) is 33.2 Å². The van der Waals surface area contributed by atoms with Crippen LogP contribution in [-0.2, 0) is 0 Å². The highest BCUT2D eigenvalue weighted by Crippen LogP contribution is 2.43. The molecule has 39 heavy (non-hydrogen) atoms. The number of carbonyl (C=O) groups excluding carboxylic acids is 1. The number of nitrogens with zero attached hydrogens (tertiary/aromatic N) is 7.